The number of piperazine rings is 1. The van der Waals surface area contributed by atoms with Crippen LogP contribution in [0, 0.1) is 0 Å². The Morgan fingerprint density at radius 3 is 2.67 bits per heavy atom. The monoisotopic (exact) mass is 375 g/mol. The summed E-state index contributed by atoms with van der Waals surface area (Å²) in [6.45, 7) is 3.74. The van der Waals surface area contributed by atoms with Crippen LogP contribution in [-0.4, -0.2) is 41.7 Å². The van der Waals surface area contributed by atoms with E-state index in [4.69, 9.17) is 0 Å². The lowest BCUT2D eigenvalue weighted by atomic mass is 9.91. The summed E-state index contributed by atoms with van der Waals surface area (Å²) < 4.78 is 37.9. The lowest BCUT2D eigenvalue weighted by molar-refractivity contribution is -0.134. The van der Waals surface area contributed by atoms with E-state index in [0.717, 1.165) is 56.0 Å². The molecule has 1 aromatic heterocycles. The number of fused-ring (bicyclic) bond motifs is 3. The van der Waals surface area contributed by atoms with Crippen molar-refractivity contribution in [2.45, 2.75) is 44.4 Å². The Bertz CT molecular complexity index is 776. The van der Waals surface area contributed by atoms with Crippen LogP contribution in [0.25, 0.3) is 0 Å². The van der Waals surface area contributed by atoms with Crippen LogP contribution in [0.1, 0.15) is 29.5 Å². The van der Waals surface area contributed by atoms with Crippen molar-refractivity contribution < 1.29 is 13.2 Å². The van der Waals surface area contributed by atoms with Crippen LogP contribution in [0.3, 0.4) is 0 Å². The molecule has 1 aromatic carbocycles. The molecule has 3 heterocycles. The normalized spacial score (nSPS) is 20.3. The first-order valence-corrected chi connectivity index (χ1v) is 9.56. The predicted octanol–water partition coefficient (Wildman–Crippen LogP) is 4.21. The van der Waals surface area contributed by atoms with Crippen LogP contribution in [0.4, 0.5) is 19.0 Å². The van der Waals surface area contributed by atoms with Crippen molar-refractivity contribution in [3.8, 4) is 0 Å². The van der Waals surface area contributed by atoms with E-state index in [9.17, 15) is 13.2 Å². The van der Waals surface area contributed by atoms with Crippen molar-refractivity contribution in [1.29, 1.82) is 0 Å². The Balaban J connectivity index is 1.46. The Morgan fingerprint density at radius 1 is 1.07 bits per heavy atom. The summed E-state index contributed by atoms with van der Waals surface area (Å²) in [6, 6.07) is 12.6. The van der Waals surface area contributed by atoms with Crippen LogP contribution in [0.15, 0.2) is 42.6 Å². The maximum atomic E-state index is 12.6. The van der Waals surface area contributed by atoms with Gasteiger partial charge in [0.1, 0.15) is 5.82 Å². The Kier molecular flexibility index (Phi) is 5.08. The smallest absolute Gasteiger partial charge is 0.351 e. The maximum absolute atomic E-state index is 12.6. The third-order valence-corrected chi connectivity index (χ3v) is 5.62. The summed E-state index contributed by atoms with van der Waals surface area (Å²) in [5, 5.41) is 0. The second-order valence-corrected chi connectivity index (χ2v) is 7.49. The molecule has 3 nitrogen and oxygen atoms in total. The van der Waals surface area contributed by atoms with Gasteiger partial charge in [-0.15, -0.1) is 0 Å². The van der Waals surface area contributed by atoms with Crippen molar-refractivity contribution in [3.63, 3.8) is 0 Å². The molecule has 0 spiro atoms. The van der Waals surface area contributed by atoms with Gasteiger partial charge in [0, 0.05) is 44.8 Å². The highest BCUT2D eigenvalue weighted by Crippen LogP contribution is 2.34. The van der Waals surface area contributed by atoms with Crippen LogP contribution in [0.2, 0.25) is 0 Å². The molecule has 1 atom stereocenters. The van der Waals surface area contributed by atoms with Crippen molar-refractivity contribution in [2.75, 3.05) is 24.5 Å². The maximum Gasteiger partial charge on any atom is 0.389 e. The fraction of sp³-hybridized carbons (Fsp3) is 0.476. The fourth-order valence-corrected chi connectivity index (χ4v) is 4.29. The highest BCUT2D eigenvalue weighted by atomic mass is 19.4. The molecule has 144 valence electrons. The number of pyridine rings is 1. The van der Waals surface area contributed by atoms with Gasteiger partial charge < -0.3 is 4.90 Å². The summed E-state index contributed by atoms with van der Waals surface area (Å²) in [4.78, 5) is 9.33. The molecule has 0 saturated carbocycles. The van der Waals surface area contributed by atoms with Crippen LogP contribution >= 0.6 is 0 Å². The summed E-state index contributed by atoms with van der Waals surface area (Å²) in [7, 11) is 0. The number of anilines is 1. The van der Waals surface area contributed by atoms with Gasteiger partial charge in [0.15, 0.2) is 0 Å². The molecular formula is C21H24F3N3. The fourth-order valence-electron chi connectivity index (χ4n) is 4.29. The Hall–Kier alpha value is -2.08. The first kappa shape index (κ1) is 18.3. The molecule has 0 radical (unpaired) electrons. The van der Waals surface area contributed by atoms with Gasteiger partial charge in [-0.3, -0.25) is 4.90 Å². The lowest BCUT2D eigenvalue weighted by Gasteiger charge is -2.45. The van der Waals surface area contributed by atoms with E-state index < -0.39 is 12.6 Å². The van der Waals surface area contributed by atoms with Gasteiger partial charge in [-0.1, -0.05) is 30.3 Å². The van der Waals surface area contributed by atoms with Gasteiger partial charge in [0.25, 0.3) is 0 Å². The number of nitrogens with zero attached hydrogens (tertiary/aromatic N) is 3. The van der Waals surface area contributed by atoms with E-state index in [1.54, 1.807) is 12.3 Å². The van der Waals surface area contributed by atoms with Crippen LogP contribution < -0.4 is 4.90 Å². The molecular weight excluding hydrogens is 351 g/mol. The molecule has 4 rings (SSSR count). The summed E-state index contributed by atoms with van der Waals surface area (Å²) in [5.74, 6) is 0.908. The molecule has 0 amide bonds. The molecule has 27 heavy (non-hydrogen) atoms. The first-order valence-electron chi connectivity index (χ1n) is 9.56. The van der Waals surface area contributed by atoms with Crippen LogP contribution in [-0.2, 0) is 19.4 Å². The van der Waals surface area contributed by atoms with Gasteiger partial charge in [0.2, 0.25) is 0 Å². The number of rotatable bonds is 4. The number of hydrogen-bond donors (Lipinski definition) is 0. The number of hydrogen-bond acceptors (Lipinski definition) is 3. The van der Waals surface area contributed by atoms with Crippen LogP contribution in [0.5, 0.6) is 0 Å². The first-order chi connectivity index (χ1) is 13.0. The lowest BCUT2D eigenvalue weighted by Crippen LogP contribution is -2.55. The third-order valence-electron chi connectivity index (χ3n) is 5.62. The SMILES string of the molecule is FC(F)(F)CCc1ccnc2c1CCC1CN(Cc3ccccc3)CCN21. The molecule has 6 heteroatoms. The minimum atomic E-state index is -4.11. The molecule has 1 saturated heterocycles. The zero-order chi connectivity index (χ0) is 18.9. The van der Waals surface area contributed by atoms with Gasteiger partial charge in [0.05, 0.1) is 0 Å². The van der Waals surface area contributed by atoms with E-state index in [2.05, 4.69) is 39.0 Å². The summed E-state index contributed by atoms with van der Waals surface area (Å²) >= 11 is 0. The summed E-state index contributed by atoms with van der Waals surface area (Å²) in [5.41, 5.74) is 3.15. The summed E-state index contributed by atoms with van der Waals surface area (Å²) in [6.07, 6.45) is -1.37. The topological polar surface area (TPSA) is 19.4 Å². The number of alkyl halides is 3. The molecule has 1 unspecified atom stereocenters. The highest BCUT2D eigenvalue weighted by Gasteiger charge is 2.34. The third kappa shape index (κ3) is 4.26. The van der Waals surface area contributed by atoms with E-state index in [1.165, 1.54) is 5.56 Å². The predicted molar refractivity (Wildman–Crippen MR) is 99.8 cm³/mol. The van der Waals surface area contributed by atoms with E-state index in [0.29, 0.717) is 6.04 Å². The van der Waals surface area contributed by atoms with E-state index in [1.807, 2.05) is 6.07 Å². The molecule has 2 aliphatic heterocycles. The molecule has 0 aliphatic carbocycles. The van der Waals surface area contributed by atoms with Gasteiger partial charge in [-0.2, -0.15) is 13.2 Å². The average molecular weight is 375 g/mol. The zero-order valence-corrected chi connectivity index (χ0v) is 15.3. The second kappa shape index (κ2) is 7.50. The van der Waals surface area contributed by atoms with Gasteiger partial charge in [-0.05, 0) is 42.0 Å². The number of aryl methyl sites for hydroxylation is 1. The molecule has 0 bridgehead atoms. The van der Waals surface area contributed by atoms with Crippen molar-refractivity contribution in [1.82, 2.24) is 9.88 Å². The standard InChI is InChI=1S/C21H24F3N3/c22-21(23,24)10-8-17-9-11-25-20-19(17)7-6-18-15-26(12-13-27(18)20)14-16-4-2-1-3-5-16/h1-5,9,11,18H,6-8,10,12-15H2. The zero-order valence-electron chi connectivity index (χ0n) is 15.3. The van der Waals surface area contributed by atoms with Crippen molar-refractivity contribution in [2.24, 2.45) is 0 Å². The molecule has 0 N–H and O–H groups in total. The largest absolute Gasteiger partial charge is 0.389 e. The molecule has 2 aromatic rings. The number of benzene rings is 1. The highest BCUT2D eigenvalue weighted by molar-refractivity contribution is 5.54. The van der Waals surface area contributed by atoms with E-state index in [-0.39, 0.29) is 6.42 Å². The average Bonchev–Trinajstić information content (AvgIpc) is 2.66. The van der Waals surface area contributed by atoms with Crippen molar-refractivity contribution in [3.05, 3.63) is 59.3 Å². The van der Waals surface area contributed by atoms with E-state index >= 15 is 0 Å². The number of aromatic nitrogens is 1. The van der Waals surface area contributed by atoms with Gasteiger partial charge >= 0.3 is 6.18 Å². The van der Waals surface area contributed by atoms with Crippen molar-refractivity contribution >= 4 is 5.82 Å². The molecule has 1 fully saturated rings. The minimum absolute atomic E-state index is 0.0486. The minimum Gasteiger partial charge on any atom is -0.351 e. The number of halogens is 3. The molecule has 2 aliphatic rings. The van der Waals surface area contributed by atoms with Gasteiger partial charge in [-0.25, -0.2) is 4.98 Å². The quantitative estimate of drug-likeness (QED) is 0.798. The Morgan fingerprint density at radius 2 is 1.89 bits per heavy atom. The Labute approximate surface area is 157 Å². The second-order valence-electron chi connectivity index (χ2n) is 7.49.